The maximum absolute atomic E-state index is 11.9. The van der Waals surface area contributed by atoms with E-state index in [2.05, 4.69) is 27.4 Å². The largest absolute Gasteiger partial charge is 0.465 e. The number of H-pyrrole nitrogens is 1. The van der Waals surface area contributed by atoms with Crippen molar-refractivity contribution in [1.82, 2.24) is 9.97 Å². The summed E-state index contributed by atoms with van der Waals surface area (Å²) in [6, 6.07) is 10.2. The van der Waals surface area contributed by atoms with Crippen molar-refractivity contribution in [3.05, 3.63) is 58.1 Å². The average Bonchev–Trinajstić information content (AvgIpc) is 3.18. The highest BCUT2D eigenvalue weighted by Gasteiger charge is 2.20. The number of ether oxygens (including phenoxy) is 1. The number of nitrogens with zero attached hydrogens (tertiary/aromatic N) is 1. The summed E-state index contributed by atoms with van der Waals surface area (Å²) in [7, 11) is 1.39. The summed E-state index contributed by atoms with van der Waals surface area (Å²) in [5, 5.41) is 6.15. The van der Waals surface area contributed by atoms with Gasteiger partial charge in [-0.1, -0.05) is 30.3 Å². The van der Waals surface area contributed by atoms with Crippen LogP contribution in [0, 0.1) is 13.8 Å². The number of nitrogens with one attached hydrogen (secondary N) is 2. The van der Waals surface area contributed by atoms with Crippen LogP contribution in [0.5, 0.6) is 0 Å². The third kappa shape index (κ3) is 3.19. The van der Waals surface area contributed by atoms with Crippen molar-refractivity contribution >= 4 is 22.4 Å². The maximum atomic E-state index is 11.9. The minimum absolute atomic E-state index is 0.329. The number of esters is 1. The molecule has 0 saturated heterocycles. The quantitative estimate of drug-likeness (QED) is 0.684. The van der Waals surface area contributed by atoms with Gasteiger partial charge in [0, 0.05) is 17.6 Å². The predicted molar refractivity (Wildman–Crippen MR) is 96.5 cm³/mol. The van der Waals surface area contributed by atoms with E-state index in [9.17, 15) is 4.79 Å². The minimum Gasteiger partial charge on any atom is -0.465 e. The van der Waals surface area contributed by atoms with Crippen LogP contribution in [0.15, 0.2) is 35.7 Å². The van der Waals surface area contributed by atoms with Crippen molar-refractivity contribution in [3.8, 4) is 11.4 Å². The SMILES string of the molecule is COC(=O)c1c(C)[nH]c(-c2csc(NCc3ccccc3)n2)c1C. The number of thiazole rings is 1. The summed E-state index contributed by atoms with van der Waals surface area (Å²) >= 11 is 1.54. The van der Waals surface area contributed by atoms with Gasteiger partial charge in [-0.3, -0.25) is 0 Å². The molecule has 0 bridgehead atoms. The molecule has 5 nitrogen and oxygen atoms in total. The highest BCUT2D eigenvalue weighted by Crippen LogP contribution is 2.30. The molecule has 0 aliphatic heterocycles. The lowest BCUT2D eigenvalue weighted by molar-refractivity contribution is 0.0599. The van der Waals surface area contributed by atoms with Crippen LogP contribution in [0.4, 0.5) is 5.13 Å². The van der Waals surface area contributed by atoms with Gasteiger partial charge in [0.05, 0.1) is 18.4 Å². The van der Waals surface area contributed by atoms with Gasteiger partial charge in [0.25, 0.3) is 0 Å². The molecule has 0 fully saturated rings. The zero-order valence-corrected chi connectivity index (χ0v) is 14.7. The molecule has 1 aromatic carbocycles. The first kappa shape index (κ1) is 16.3. The van der Waals surface area contributed by atoms with Crippen LogP contribution in [0.25, 0.3) is 11.4 Å². The molecule has 2 aromatic heterocycles. The van der Waals surface area contributed by atoms with Gasteiger partial charge in [-0.15, -0.1) is 11.3 Å². The van der Waals surface area contributed by atoms with E-state index < -0.39 is 0 Å². The predicted octanol–water partition coefficient (Wildman–Crippen LogP) is 4.15. The van der Waals surface area contributed by atoms with Crippen molar-refractivity contribution < 1.29 is 9.53 Å². The average molecular weight is 341 g/mol. The van der Waals surface area contributed by atoms with Crippen LogP contribution >= 0.6 is 11.3 Å². The first-order valence-corrected chi connectivity index (χ1v) is 8.49. The van der Waals surface area contributed by atoms with Crippen molar-refractivity contribution in [2.24, 2.45) is 0 Å². The molecule has 0 spiro atoms. The van der Waals surface area contributed by atoms with E-state index in [4.69, 9.17) is 4.74 Å². The summed E-state index contributed by atoms with van der Waals surface area (Å²) in [5.41, 5.74) is 5.12. The molecule has 0 unspecified atom stereocenters. The molecule has 2 heterocycles. The third-order valence-electron chi connectivity index (χ3n) is 3.87. The number of hydrogen-bond acceptors (Lipinski definition) is 5. The number of hydrogen-bond donors (Lipinski definition) is 2. The second-order valence-corrected chi connectivity index (χ2v) is 6.35. The molecule has 124 valence electrons. The molecule has 0 atom stereocenters. The van der Waals surface area contributed by atoms with Crippen LogP contribution in [-0.4, -0.2) is 23.0 Å². The van der Waals surface area contributed by atoms with Gasteiger partial charge >= 0.3 is 5.97 Å². The Kier molecular flexibility index (Phi) is 4.66. The normalized spacial score (nSPS) is 10.6. The third-order valence-corrected chi connectivity index (χ3v) is 4.67. The number of aryl methyl sites for hydroxylation is 1. The molecule has 6 heteroatoms. The Hall–Kier alpha value is -2.60. The second-order valence-electron chi connectivity index (χ2n) is 5.49. The highest BCUT2D eigenvalue weighted by molar-refractivity contribution is 7.14. The van der Waals surface area contributed by atoms with Crippen molar-refractivity contribution in [1.29, 1.82) is 0 Å². The highest BCUT2D eigenvalue weighted by atomic mass is 32.1. The summed E-state index contributed by atoms with van der Waals surface area (Å²) in [5.74, 6) is -0.329. The van der Waals surface area contributed by atoms with Crippen molar-refractivity contribution in [2.45, 2.75) is 20.4 Å². The molecule has 24 heavy (non-hydrogen) atoms. The number of carbonyl (C=O) groups excluding carboxylic acids is 1. The van der Waals surface area contributed by atoms with E-state index in [0.717, 1.165) is 34.3 Å². The molecule has 0 aliphatic carbocycles. The summed E-state index contributed by atoms with van der Waals surface area (Å²) in [6.07, 6.45) is 0. The number of carbonyl (C=O) groups is 1. The number of aromatic amines is 1. The monoisotopic (exact) mass is 341 g/mol. The lowest BCUT2D eigenvalue weighted by Gasteiger charge is -2.02. The first-order valence-electron chi connectivity index (χ1n) is 7.61. The summed E-state index contributed by atoms with van der Waals surface area (Å²) in [4.78, 5) is 19.8. The molecule has 3 aromatic rings. The molecule has 0 saturated carbocycles. The second kappa shape index (κ2) is 6.88. The number of rotatable bonds is 5. The molecule has 0 radical (unpaired) electrons. The van der Waals surface area contributed by atoms with E-state index in [-0.39, 0.29) is 5.97 Å². The van der Waals surface area contributed by atoms with Gasteiger partial charge in [0.15, 0.2) is 5.13 Å². The van der Waals surface area contributed by atoms with E-state index in [0.29, 0.717) is 5.56 Å². The van der Waals surface area contributed by atoms with Gasteiger partial charge in [-0.25, -0.2) is 9.78 Å². The molecule has 0 aliphatic rings. The van der Waals surface area contributed by atoms with E-state index >= 15 is 0 Å². The number of benzene rings is 1. The van der Waals surface area contributed by atoms with Crippen LogP contribution in [-0.2, 0) is 11.3 Å². The topological polar surface area (TPSA) is 67.0 Å². The zero-order valence-electron chi connectivity index (χ0n) is 13.8. The smallest absolute Gasteiger partial charge is 0.339 e. The van der Waals surface area contributed by atoms with Gasteiger partial charge in [-0.2, -0.15) is 0 Å². The van der Waals surface area contributed by atoms with Gasteiger partial charge in [0.2, 0.25) is 0 Å². The number of methoxy groups -OCH3 is 1. The number of anilines is 1. The van der Waals surface area contributed by atoms with Crippen LogP contribution in [0.1, 0.15) is 27.2 Å². The number of aromatic nitrogens is 2. The maximum Gasteiger partial charge on any atom is 0.339 e. The zero-order chi connectivity index (χ0) is 17.1. The molecular weight excluding hydrogens is 322 g/mol. The molecule has 2 N–H and O–H groups in total. The Morgan fingerprint density at radius 1 is 1.29 bits per heavy atom. The van der Waals surface area contributed by atoms with E-state index in [1.807, 2.05) is 37.4 Å². The first-order chi connectivity index (χ1) is 11.6. The van der Waals surface area contributed by atoms with Gasteiger partial charge in [0.1, 0.15) is 5.69 Å². The van der Waals surface area contributed by atoms with Crippen LogP contribution < -0.4 is 5.32 Å². The van der Waals surface area contributed by atoms with Gasteiger partial charge < -0.3 is 15.0 Å². The fourth-order valence-electron chi connectivity index (χ4n) is 2.66. The fourth-order valence-corrected chi connectivity index (χ4v) is 3.36. The Balaban J connectivity index is 1.80. The van der Waals surface area contributed by atoms with E-state index in [1.54, 1.807) is 11.3 Å². The summed E-state index contributed by atoms with van der Waals surface area (Å²) < 4.78 is 4.85. The van der Waals surface area contributed by atoms with Crippen LogP contribution in [0.2, 0.25) is 0 Å². The van der Waals surface area contributed by atoms with Crippen molar-refractivity contribution in [3.63, 3.8) is 0 Å². The Bertz CT molecular complexity index is 853. The Morgan fingerprint density at radius 3 is 2.75 bits per heavy atom. The standard InChI is InChI=1S/C18H19N3O2S/c1-11-15(17(22)23-3)12(2)20-16(11)14-10-24-18(21-14)19-9-13-7-5-4-6-8-13/h4-8,10,20H,9H2,1-3H3,(H,19,21). The fraction of sp³-hybridized carbons (Fsp3) is 0.222. The van der Waals surface area contributed by atoms with Crippen LogP contribution in [0.3, 0.4) is 0 Å². The lowest BCUT2D eigenvalue weighted by atomic mass is 10.1. The lowest BCUT2D eigenvalue weighted by Crippen LogP contribution is -2.03. The van der Waals surface area contributed by atoms with E-state index in [1.165, 1.54) is 12.7 Å². The Morgan fingerprint density at radius 2 is 2.04 bits per heavy atom. The van der Waals surface area contributed by atoms with Crippen molar-refractivity contribution in [2.75, 3.05) is 12.4 Å². The van der Waals surface area contributed by atoms with Gasteiger partial charge in [-0.05, 0) is 25.0 Å². The summed E-state index contributed by atoms with van der Waals surface area (Å²) in [6.45, 7) is 4.50. The Labute approximate surface area is 144 Å². The molecular formula is C18H19N3O2S. The molecule has 0 amide bonds. The molecule has 3 rings (SSSR count). The minimum atomic E-state index is -0.329.